The van der Waals surface area contributed by atoms with Gasteiger partial charge in [0.05, 0.1) is 10.3 Å². The van der Waals surface area contributed by atoms with E-state index in [2.05, 4.69) is 15.2 Å². The van der Waals surface area contributed by atoms with Gasteiger partial charge in [0.25, 0.3) is 5.91 Å². The number of thiophene rings is 1. The average molecular weight is 399 g/mol. The second-order valence-electron chi connectivity index (χ2n) is 6.73. The molecule has 1 aliphatic heterocycles. The Balaban J connectivity index is 1.69. The lowest BCUT2D eigenvalue weighted by Gasteiger charge is -2.28. The topological polar surface area (TPSA) is 58.1 Å². The van der Waals surface area contributed by atoms with Crippen LogP contribution >= 0.6 is 23.1 Å². The van der Waals surface area contributed by atoms with Gasteiger partial charge in [-0.3, -0.25) is 4.79 Å². The number of thioether (sulfide) groups is 1. The van der Waals surface area contributed by atoms with E-state index < -0.39 is 0 Å². The van der Waals surface area contributed by atoms with Crippen LogP contribution in [0, 0.1) is 6.92 Å². The number of aromatic nitrogens is 2. The third-order valence-electron chi connectivity index (χ3n) is 4.69. The zero-order chi connectivity index (χ0) is 18.8. The molecule has 1 saturated heterocycles. The first-order chi connectivity index (χ1) is 13.1. The summed E-state index contributed by atoms with van der Waals surface area (Å²) in [4.78, 5) is 26.0. The van der Waals surface area contributed by atoms with Gasteiger partial charge in [-0.25, -0.2) is 9.97 Å². The van der Waals surface area contributed by atoms with Crippen molar-refractivity contribution in [1.82, 2.24) is 9.97 Å². The van der Waals surface area contributed by atoms with Crippen molar-refractivity contribution in [1.29, 1.82) is 0 Å². The normalized spacial score (nSPS) is 14.5. The molecule has 27 heavy (non-hydrogen) atoms. The first-order valence-electron chi connectivity index (χ1n) is 9.12. The van der Waals surface area contributed by atoms with Crippen LogP contribution in [0.15, 0.2) is 35.5 Å². The van der Waals surface area contributed by atoms with Crippen LogP contribution in [0.4, 0.5) is 11.5 Å². The Labute approximate surface area is 167 Å². The van der Waals surface area contributed by atoms with Crippen LogP contribution in [-0.4, -0.2) is 35.2 Å². The maximum absolute atomic E-state index is 12.8. The van der Waals surface area contributed by atoms with Crippen molar-refractivity contribution >= 4 is 50.7 Å². The molecule has 0 bridgehead atoms. The van der Waals surface area contributed by atoms with E-state index in [1.165, 1.54) is 30.6 Å². The van der Waals surface area contributed by atoms with Crippen molar-refractivity contribution in [3.8, 4) is 0 Å². The minimum Gasteiger partial charge on any atom is -0.356 e. The van der Waals surface area contributed by atoms with E-state index in [1.54, 1.807) is 11.8 Å². The van der Waals surface area contributed by atoms with E-state index >= 15 is 0 Å². The largest absolute Gasteiger partial charge is 0.356 e. The van der Waals surface area contributed by atoms with Crippen molar-refractivity contribution in [2.45, 2.75) is 31.3 Å². The van der Waals surface area contributed by atoms with Gasteiger partial charge in [-0.15, -0.1) is 11.3 Å². The molecule has 2 aromatic heterocycles. The number of aryl methyl sites for hydroxylation is 1. The third-order valence-corrected chi connectivity index (χ3v) is 6.27. The smallest absolute Gasteiger partial charge is 0.265 e. The van der Waals surface area contributed by atoms with Gasteiger partial charge in [0.15, 0.2) is 5.16 Å². The Hall–Kier alpha value is -2.12. The molecule has 1 aliphatic rings. The predicted molar refractivity (Wildman–Crippen MR) is 114 cm³/mol. The van der Waals surface area contributed by atoms with Gasteiger partial charge >= 0.3 is 0 Å². The van der Waals surface area contributed by atoms with Gasteiger partial charge in [-0.05, 0) is 56.2 Å². The molecule has 0 atom stereocenters. The molecular weight excluding hydrogens is 376 g/mol. The lowest BCUT2D eigenvalue weighted by molar-refractivity contribution is 0.103. The highest BCUT2D eigenvalue weighted by molar-refractivity contribution is 7.98. The standard InChI is InChI=1S/C20H22N4OS2/c1-13-7-6-8-14(11-13)21-18(25)16-12-15-17(24-9-4-3-5-10-24)22-20(26-2)23-19(15)27-16/h6-8,11-12H,3-5,9-10H2,1-2H3,(H,21,25). The van der Waals surface area contributed by atoms with Gasteiger partial charge in [-0.1, -0.05) is 23.9 Å². The first kappa shape index (κ1) is 18.3. The number of carbonyl (C=O) groups is 1. The fraction of sp³-hybridized carbons (Fsp3) is 0.350. The molecule has 0 saturated carbocycles. The van der Waals surface area contributed by atoms with Gasteiger partial charge in [0, 0.05) is 18.8 Å². The Morgan fingerprint density at radius 3 is 2.74 bits per heavy atom. The Kier molecular flexibility index (Phi) is 5.31. The number of amides is 1. The lowest BCUT2D eigenvalue weighted by atomic mass is 10.1. The van der Waals surface area contributed by atoms with Crippen LogP contribution in [0.3, 0.4) is 0 Å². The summed E-state index contributed by atoms with van der Waals surface area (Å²) < 4.78 is 0. The molecular formula is C20H22N4OS2. The Morgan fingerprint density at radius 2 is 2.00 bits per heavy atom. The van der Waals surface area contributed by atoms with Crippen molar-refractivity contribution in [2.24, 2.45) is 0 Å². The number of piperidine rings is 1. The second kappa shape index (κ2) is 7.86. The van der Waals surface area contributed by atoms with Crippen LogP contribution in [0.2, 0.25) is 0 Å². The SMILES string of the molecule is CSc1nc(N2CCCCC2)c2cc(C(=O)Nc3cccc(C)c3)sc2n1. The molecule has 0 aliphatic carbocycles. The van der Waals surface area contributed by atoms with Crippen LogP contribution in [0.1, 0.15) is 34.5 Å². The van der Waals surface area contributed by atoms with E-state index in [-0.39, 0.29) is 5.91 Å². The molecule has 1 amide bonds. The maximum atomic E-state index is 12.8. The fourth-order valence-corrected chi connectivity index (χ4v) is 4.69. The molecule has 5 nitrogen and oxygen atoms in total. The van der Waals surface area contributed by atoms with Crippen molar-refractivity contribution in [2.75, 3.05) is 29.6 Å². The summed E-state index contributed by atoms with van der Waals surface area (Å²) in [5.74, 6) is 0.869. The monoisotopic (exact) mass is 398 g/mol. The van der Waals surface area contributed by atoms with Crippen molar-refractivity contribution in [3.63, 3.8) is 0 Å². The lowest BCUT2D eigenvalue weighted by Crippen LogP contribution is -2.30. The number of hydrogen-bond acceptors (Lipinski definition) is 6. The number of hydrogen-bond donors (Lipinski definition) is 1. The predicted octanol–water partition coefficient (Wildman–Crippen LogP) is 4.96. The van der Waals surface area contributed by atoms with E-state index in [0.717, 1.165) is 45.5 Å². The average Bonchev–Trinajstić information content (AvgIpc) is 3.12. The summed E-state index contributed by atoms with van der Waals surface area (Å²) in [6.07, 6.45) is 5.63. The Bertz CT molecular complexity index is 979. The van der Waals surface area contributed by atoms with Gasteiger partial charge in [-0.2, -0.15) is 0 Å². The Morgan fingerprint density at radius 1 is 1.19 bits per heavy atom. The van der Waals surface area contributed by atoms with E-state index in [4.69, 9.17) is 4.98 Å². The van der Waals surface area contributed by atoms with Crippen LogP contribution in [-0.2, 0) is 0 Å². The molecule has 0 radical (unpaired) electrons. The number of nitrogens with zero attached hydrogens (tertiary/aromatic N) is 3. The number of benzene rings is 1. The minimum atomic E-state index is -0.0982. The fourth-order valence-electron chi connectivity index (χ4n) is 3.35. The molecule has 7 heteroatoms. The summed E-state index contributed by atoms with van der Waals surface area (Å²) in [6, 6.07) is 9.78. The van der Waals surface area contributed by atoms with Crippen molar-refractivity contribution < 1.29 is 4.79 Å². The molecule has 140 valence electrons. The zero-order valence-corrected chi connectivity index (χ0v) is 17.1. The summed E-state index contributed by atoms with van der Waals surface area (Å²) in [7, 11) is 0. The quantitative estimate of drug-likeness (QED) is 0.497. The molecule has 3 aromatic rings. The number of nitrogens with one attached hydrogen (secondary N) is 1. The first-order valence-corrected chi connectivity index (χ1v) is 11.2. The van der Waals surface area contributed by atoms with E-state index in [0.29, 0.717) is 4.88 Å². The van der Waals surface area contributed by atoms with Crippen molar-refractivity contribution in [3.05, 3.63) is 40.8 Å². The van der Waals surface area contributed by atoms with Crippen LogP contribution in [0.25, 0.3) is 10.2 Å². The zero-order valence-electron chi connectivity index (χ0n) is 15.5. The van der Waals surface area contributed by atoms with E-state index in [1.807, 2.05) is 43.5 Å². The number of fused-ring (bicyclic) bond motifs is 1. The van der Waals surface area contributed by atoms with Gasteiger partial charge < -0.3 is 10.2 Å². The molecule has 4 rings (SSSR count). The summed E-state index contributed by atoms with van der Waals surface area (Å²) in [5, 5.41) is 4.73. The molecule has 0 spiro atoms. The maximum Gasteiger partial charge on any atom is 0.265 e. The third kappa shape index (κ3) is 3.94. The van der Waals surface area contributed by atoms with E-state index in [9.17, 15) is 4.79 Å². The highest BCUT2D eigenvalue weighted by atomic mass is 32.2. The number of anilines is 2. The van der Waals surface area contributed by atoms with Crippen LogP contribution in [0.5, 0.6) is 0 Å². The second-order valence-corrected chi connectivity index (χ2v) is 8.54. The minimum absolute atomic E-state index is 0.0982. The molecule has 0 unspecified atom stereocenters. The molecule has 1 fully saturated rings. The number of carbonyl (C=O) groups excluding carboxylic acids is 1. The number of rotatable bonds is 4. The molecule has 1 N–H and O–H groups in total. The van der Waals surface area contributed by atoms with Gasteiger partial charge in [0.1, 0.15) is 10.6 Å². The summed E-state index contributed by atoms with van der Waals surface area (Å²) >= 11 is 2.97. The summed E-state index contributed by atoms with van der Waals surface area (Å²) in [6.45, 7) is 4.04. The molecule has 3 heterocycles. The molecule has 1 aromatic carbocycles. The highest BCUT2D eigenvalue weighted by Crippen LogP contribution is 2.34. The highest BCUT2D eigenvalue weighted by Gasteiger charge is 2.20. The van der Waals surface area contributed by atoms with Gasteiger partial charge in [0.2, 0.25) is 0 Å². The summed E-state index contributed by atoms with van der Waals surface area (Å²) in [5.41, 5.74) is 1.93. The van der Waals surface area contributed by atoms with Crippen LogP contribution < -0.4 is 10.2 Å².